The molecule has 0 bridgehead atoms. The number of hydrogen-bond donors (Lipinski definition) is 1. The molecule has 17 heavy (non-hydrogen) atoms. The topological polar surface area (TPSA) is 51.0 Å². The van der Waals surface area contributed by atoms with Crippen molar-refractivity contribution in [2.24, 2.45) is 0 Å². The van der Waals surface area contributed by atoms with Crippen LogP contribution < -0.4 is 5.32 Å². The summed E-state index contributed by atoms with van der Waals surface area (Å²) in [6.45, 7) is 1.33. The van der Waals surface area contributed by atoms with Gasteiger partial charge in [0, 0.05) is 19.5 Å². The van der Waals surface area contributed by atoms with Crippen LogP contribution in [0.1, 0.15) is 11.4 Å². The molecule has 0 unspecified atom stereocenters. The van der Waals surface area contributed by atoms with Gasteiger partial charge in [-0.1, -0.05) is 11.2 Å². The third-order valence-electron chi connectivity index (χ3n) is 2.25. The van der Waals surface area contributed by atoms with Gasteiger partial charge in [-0.2, -0.15) is 4.98 Å². The summed E-state index contributed by atoms with van der Waals surface area (Å²) in [7, 11) is 0. The largest absolute Gasteiger partial charge is 0.343 e. The van der Waals surface area contributed by atoms with Gasteiger partial charge in [0.1, 0.15) is 5.82 Å². The van der Waals surface area contributed by atoms with Gasteiger partial charge in [0.2, 0.25) is 6.39 Å². The van der Waals surface area contributed by atoms with Gasteiger partial charge >= 0.3 is 0 Å². The highest BCUT2D eigenvalue weighted by atomic mass is 79.9. The highest BCUT2D eigenvalue weighted by Gasteiger charge is 2.01. The van der Waals surface area contributed by atoms with Crippen LogP contribution in [0.2, 0.25) is 0 Å². The standard InChI is InChI=1S/C11H11BrFN3O/c12-9-2-1-8(5-10(9)13)6-14-4-3-11-15-7-17-16-11/h1-2,5,7,14H,3-4,6H2. The molecule has 0 atom stereocenters. The number of benzene rings is 1. The van der Waals surface area contributed by atoms with E-state index in [9.17, 15) is 4.39 Å². The Kier molecular flexibility index (Phi) is 4.22. The molecule has 90 valence electrons. The summed E-state index contributed by atoms with van der Waals surface area (Å²) in [5.41, 5.74) is 0.902. The fourth-order valence-corrected chi connectivity index (χ4v) is 1.63. The Balaban J connectivity index is 1.76. The van der Waals surface area contributed by atoms with Crippen LogP contribution in [0.4, 0.5) is 4.39 Å². The summed E-state index contributed by atoms with van der Waals surface area (Å²) in [5, 5.41) is 6.88. The smallest absolute Gasteiger partial charge is 0.213 e. The van der Waals surface area contributed by atoms with Gasteiger partial charge in [0.05, 0.1) is 4.47 Å². The van der Waals surface area contributed by atoms with Gasteiger partial charge in [-0.3, -0.25) is 0 Å². The van der Waals surface area contributed by atoms with E-state index in [1.807, 2.05) is 6.07 Å². The zero-order valence-electron chi connectivity index (χ0n) is 8.99. The van der Waals surface area contributed by atoms with Gasteiger partial charge in [-0.25, -0.2) is 4.39 Å². The Morgan fingerprint density at radius 3 is 3.00 bits per heavy atom. The molecular weight excluding hydrogens is 289 g/mol. The highest BCUT2D eigenvalue weighted by molar-refractivity contribution is 9.10. The molecule has 1 heterocycles. The zero-order chi connectivity index (χ0) is 12.1. The number of hydrogen-bond acceptors (Lipinski definition) is 4. The van der Waals surface area contributed by atoms with Crippen LogP contribution in [0.15, 0.2) is 33.6 Å². The lowest BCUT2D eigenvalue weighted by atomic mass is 10.2. The summed E-state index contributed by atoms with van der Waals surface area (Å²) >= 11 is 3.11. The molecule has 1 aromatic heterocycles. The Bertz CT molecular complexity index is 476. The quantitative estimate of drug-likeness (QED) is 0.861. The van der Waals surface area contributed by atoms with Crippen LogP contribution in [0, 0.1) is 5.82 Å². The highest BCUT2D eigenvalue weighted by Crippen LogP contribution is 2.16. The monoisotopic (exact) mass is 299 g/mol. The van der Waals surface area contributed by atoms with Crippen LogP contribution in [-0.4, -0.2) is 16.7 Å². The molecule has 0 fully saturated rings. The minimum Gasteiger partial charge on any atom is -0.343 e. The van der Waals surface area contributed by atoms with E-state index >= 15 is 0 Å². The molecule has 0 aliphatic heterocycles. The van der Waals surface area contributed by atoms with E-state index in [-0.39, 0.29) is 5.82 Å². The first kappa shape index (κ1) is 12.2. The van der Waals surface area contributed by atoms with Gasteiger partial charge in [0.25, 0.3) is 0 Å². The minimum absolute atomic E-state index is 0.248. The van der Waals surface area contributed by atoms with Crippen molar-refractivity contribution in [2.75, 3.05) is 6.54 Å². The Morgan fingerprint density at radius 1 is 1.41 bits per heavy atom. The Hall–Kier alpha value is -1.27. The fourth-order valence-electron chi connectivity index (χ4n) is 1.39. The van der Waals surface area contributed by atoms with Gasteiger partial charge < -0.3 is 9.84 Å². The predicted octanol–water partition coefficient (Wildman–Crippen LogP) is 2.30. The molecule has 0 spiro atoms. The second-order valence-electron chi connectivity index (χ2n) is 3.52. The summed E-state index contributed by atoms with van der Waals surface area (Å²) in [5.74, 6) is 0.418. The molecule has 0 amide bonds. The zero-order valence-corrected chi connectivity index (χ0v) is 10.6. The van der Waals surface area contributed by atoms with Crippen molar-refractivity contribution >= 4 is 15.9 Å². The van der Waals surface area contributed by atoms with Crippen molar-refractivity contribution in [3.8, 4) is 0 Å². The molecule has 1 aromatic carbocycles. The maximum Gasteiger partial charge on any atom is 0.213 e. The molecule has 0 aliphatic carbocycles. The molecular formula is C11H11BrFN3O. The molecule has 2 aromatic rings. The lowest BCUT2D eigenvalue weighted by Crippen LogP contribution is -2.17. The predicted molar refractivity (Wildman–Crippen MR) is 63.8 cm³/mol. The first-order valence-electron chi connectivity index (χ1n) is 5.15. The lowest BCUT2D eigenvalue weighted by Gasteiger charge is -2.04. The SMILES string of the molecule is Fc1cc(CNCCc2ncon2)ccc1Br. The van der Waals surface area contributed by atoms with Crippen molar-refractivity contribution in [3.63, 3.8) is 0 Å². The van der Waals surface area contributed by atoms with Gasteiger partial charge in [0.15, 0.2) is 5.82 Å². The fraction of sp³-hybridized carbons (Fsp3) is 0.273. The molecule has 4 nitrogen and oxygen atoms in total. The lowest BCUT2D eigenvalue weighted by molar-refractivity contribution is 0.409. The first-order valence-corrected chi connectivity index (χ1v) is 5.95. The summed E-state index contributed by atoms with van der Waals surface area (Å²) < 4.78 is 18.3. The molecule has 0 saturated heterocycles. The van der Waals surface area contributed by atoms with Crippen molar-refractivity contribution < 1.29 is 8.91 Å². The van der Waals surface area contributed by atoms with E-state index < -0.39 is 0 Å². The van der Waals surface area contributed by atoms with Crippen molar-refractivity contribution in [2.45, 2.75) is 13.0 Å². The van der Waals surface area contributed by atoms with Crippen molar-refractivity contribution in [1.82, 2.24) is 15.5 Å². The average Bonchev–Trinajstić information content (AvgIpc) is 2.82. The number of halogens is 2. The van der Waals surface area contributed by atoms with E-state index in [1.54, 1.807) is 6.07 Å². The molecule has 0 radical (unpaired) electrons. The van der Waals surface area contributed by atoms with Gasteiger partial charge in [-0.15, -0.1) is 0 Å². The van der Waals surface area contributed by atoms with Crippen molar-refractivity contribution in [1.29, 1.82) is 0 Å². The maximum absolute atomic E-state index is 13.2. The normalized spacial score (nSPS) is 10.7. The Labute approximate surface area is 106 Å². The maximum atomic E-state index is 13.2. The number of nitrogens with zero attached hydrogens (tertiary/aromatic N) is 2. The number of rotatable bonds is 5. The summed E-state index contributed by atoms with van der Waals surface area (Å²) in [6, 6.07) is 5.07. The minimum atomic E-state index is -0.248. The van der Waals surface area contributed by atoms with Crippen LogP contribution in [0.3, 0.4) is 0 Å². The molecule has 0 saturated carbocycles. The van der Waals surface area contributed by atoms with Crippen LogP contribution >= 0.6 is 15.9 Å². The average molecular weight is 300 g/mol. The Morgan fingerprint density at radius 2 is 2.29 bits per heavy atom. The number of nitrogens with one attached hydrogen (secondary N) is 1. The molecule has 2 rings (SSSR count). The van der Waals surface area contributed by atoms with E-state index in [1.165, 1.54) is 12.5 Å². The summed E-state index contributed by atoms with van der Waals surface area (Å²) in [4.78, 5) is 3.90. The second kappa shape index (κ2) is 5.88. The van der Waals surface area contributed by atoms with Crippen LogP contribution in [-0.2, 0) is 13.0 Å². The van der Waals surface area contributed by atoms with E-state index in [2.05, 4.69) is 35.9 Å². The number of aromatic nitrogens is 2. The van der Waals surface area contributed by atoms with E-state index in [0.717, 1.165) is 12.1 Å². The van der Waals surface area contributed by atoms with Gasteiger partial charge in [-0.05, 0) is 33.6 Å². The van der Waals surface area contributed by atoms with Crippen molar-refractivity contribution in [3.05, 3.63) is 46.3 Å². The van der Waals surface area contributed by atoms with E-state index in [0.29, 0.717) is 23.3 Å². The third-order valence-corrected chi connectivity index (χ3v) is 2.89. The summed E-state index contributed by atoms with van der Waals surface area (Å²) in [6.07, 6.45) is 1.99. The first-order chi connectivity index (χ1) is 8.25. The molecule has 6 heteroatoms. The van der Waals surface area contributed by atoms with E-state index in [4.69, 9.17) is 0 Å². The van der Waals surface area contributed by atoms with Crippen LogP contribution in [0.5, 0.6) is 0 Å². The molecule has 0 aliphatic rings. The second-order valence-corrected chi connectivity index (χ2v) is 4.38. The molecule has 1 N–H and O–H groups in total. The third kappa shape index (κ3) is 3.61. The van der Waals surface area contributed by atoms with Crippen LogP contribution in [0.25, 0.3) is 0 Å².